The molecule has 1 aromatic rings. The van der Waals surface area contributed by atoms with E-state index in [9.17, 15) is 0 Å². The van der Waals surface area contributed by atoms with Crippen LogP contribution in [0.3, 0.4) is 0 Å². The van der Waals surface area contributed by atoms with Crippen LogP contribution in [0, 0.1) is 0 Å². The molecule has 120 valence electrons. The van der Waals surface area contributed by atoms with Crippen molar-refractivity contribution in [3.05, 3.63) is 35.9 Å². The van der Waals surface area contributed by atoms with E-state index < -0.39 is 0 Å². The minimum absolute atomic E-state index is 0.574. The third-order valence-corrected chi connectivity index (χ3v) is 4.20. The van der Waals surface area contributed by atoms with Crippen molar-refractivity contribution in [3.8, 4) is 0 Å². The fourth-order valence-electron chi connectivity index (χ4n) is 2.84. The van der Waals surface area contributed by atoms with Gasteiger partial charge in [-0.1, -0.05) is 96.0 Å². The molecule has 0 aliphatic heterocycles. The van der Waals surface area contributed by atoms with Gasteiger partial charge in [-0.3, -0.25) is 0 Å². The quantitative estimate of drug-likeness (QED) is 0.472. The van der Waals surface area contributed by atoms with Crippen LogP contribution in [0.25, 0.3) is 0 Å². The molecule has 21 heavy (non-hydrogen) atoms. The summed E-state index contributed by atoms with van der Waals surface area (Å²) < 4.78 is 0. The number of hydrogen-bond donors (Lipinski definition) is 1. The zero-order valence-corrected chi connectivity index (χ0v) is 14.4. The van der Waals surface area contributed by atoms with Crippen LogP contribution in [-0.4, -0.2) is 12.6 Å². The van der Waals surface area contributed by atoms with Crippen molar-refractivity contribution in [2.45, 2.75) is 84.1 Å². The van der Waals surface area contributed by atoms with Crippen molar-refractivity contribution in [1.82, 2.24) is 5.32 Å². The van der Waals surface area contributed by atoms with Crippen LogP contribution < -0.4 is 5.32 Å². The van der Waals surface area contributed by atoms with Gasteiger partial charge in [-0.25, -0.2) is 0 Å². The molecule has 0 aliphatic carbocycles. The molecular weight excluding hydrogens is 254 g/mol. The predicted octanol–water partition coefficient (Wildman–Crippen LogP) is 5.91. The second-order valence-electron chi connectivity index (χ2n) is 6.58. The van der Waals surface area contributed by atoms with Gasteiger partial charge in [0.15, 0.2) is 0 Å². The van der Waals surface area contributed by atoms with Gasteiger partial charge in [-0.15, -0.1) is 0 Å². The molecule has 0 saturated heterocycles. The van der Waals surface area contributed by atoms with E-state index in [1.807, 2.05) is 0 Å². The lowest BCUT2D eigenvalue weighted by molar-refractivity contribution is 0.481. The predicted molar refractivity (Wildman–Crippen MR) is 94.9 cm³/mol. The van der Waals surface area contributed by atoms with Crippen LogP contribution >= 0.6 is 0 Å². The number of unbranched alkanes of at least 4 members (excludes halogenated alkanes) is 6. The first-order valence-electron chi connectivity index (χ1n) is 9.02. The first-order valence-corrected chi connectivity index (χ1v) is 9.02. The highest BCUT2D eigenvalue weighted by Gasteiger charge is 2.11. The van der Waals surface area contributed by atoms with Gasteiger partial charge >= 0.3 is 0 Å². The highest BCUT2D eigenvalue weighted by molar-refractivity contribution is 5.19. The van der Waals surface area contributed by atoms with Crippen molar-refractivity contribution < 1.29 is 0 Å². The maximum atomic E-state index is 3.61. The Kier molecular flexibility index (Phi) is 10.2. The molecule has 1 rings (SSSR count). The van der Waals surface area contributed by atoms with Crippen molar-refractivity contribution in [2.24, 2.45) is 0 Å². The summed E-state index contributed by atoms with van der Waals surface area (Å²) >= 11 is 0. The van der Waals surface area contributed by atoms with Gasteiger partial charge in [0.2, 0.25) is 0 Å². The highest BCUT2D eigenvalue weighted by Crippen LogP contribution is 2.22. The van der Waals surface area contributed by atoms with Gasteiger partial charge in [-0.05, 0) is 17.9 Å². The van der Waals surface area contributed by atoms with E-state index >= 15 is 0 Å². The third-order valence-electron chi connectivity index (χ3n) is 4.20. The SMILES string of the molecule is CCCCCCCCCC(CNC(C)C)c1ccccc1. The summed E-state index contributed by atoms with van der Waals surface area (Å²) in [6, 6.07) is 11.6. The second kappa shape index (κ2) is 11.8. The standard InChI is InChI=1S/C20H35N/c1-4-5-6-7-8-9-11-16-20(17-21-18(2)3)19-14-12-10-13-15-19/h10,12-15,18,20-21H,4-9,11,16-17H2,1-3H3. The van der Waals surface area contributed by atoms with Gasteiger partial charge in [0, 0.05) is 12.6 Å². The van der Waals surface area contributed by atoms with E-state index in [0.29, 0.717) is 12.0 Å². The summed E-state index contributed by atoms with van der Waals surface area (Å²) in [6.45, 7) is 7.86. The minimum atomic E-state index is 0.574. The Balaban J connectivity index is 2.29. The molecule has 0 heterocycles. The molecule has 0 spiro atoms. The average Bonchev–Trinajstić information content (AvgIpc) is 2.50. The molecule has 0 bridgehead atoms. The van der Waals surface area contributed by atoms with Gasteiger partial charge in [0.1, 0.15) is 0 Å². The zero-order chi connectivity index (χ0) is 15.3. The lowest BCUT2D eigenvalue weighted by atomic mass is 9.92. The molecule has 1 aromatic carbocycles. The summed E-state index contributed by atoms with van der Waals surface area (Å²) in [4.78, 5) is 0. The van der Waals surface area contributed by atoms with E-state index in [-0.39, 0.29) is 0 Å². The van der Waals surface area contributed by atoms with Gasteiger partial charge < -0.3 is 5.32 Å². The maximum absolute atomic E-state index is 3.61. The van der Waals surface area contributed by atoms with E-state index in [2.05, 4.69) is 56.4 Å². The average molecular weight is 290 g/mol. The van der Waals surface area contributed by atoms with Crippen molar-refractivity contribution in [2.75, 3.05) is 6.54 Å². The molecule has 0 aromatic heterocycles. The first kappa shape index (κ1) is 18.2. The summed E-state index contributed by atoms with van der Waals surface area (Å²) in [5.74, 6) is 0.671. The normalized spacial score (nSPS) is 12.8. The Morgan fingerprint density at radius 1 is 0.857 bits per heavy atom. The molecular formula is C20H35N. The molecule has 0 amide bonds. The molecule has 0 aliphatic rings. The Bertz CT molecular complexity index is 331. The molecule has 1 atom stereocenters. The van der Waals surface area contributed by atoms with Gasteiger partial charge in [-0.2, -0.15) is 0 Å². The van der Waals surface area contributed by atoms with Crippen molar-refractivity contribution in [1.29, 1.82) is 0 Å². The summed E-state index contributed by atoms with van der Waals surface area (Å²) in [7, 11) is 0. The topological polar surface area (TPSA) is 12.0 Å². The molecule has 1 N–H and O–H groups in total. The molecule has 1 unspecified atom stereocenters. The van der Waals surface area contributed by atoms with Crippen molar-refractivity contribution in [3.63, 3.8) is 0 Å². The van der Waals surface area contributed by atoms with Crippen molar-refractivity contribution >= 4 is 0 Å². The van der Waals surface area contributed by atoms with Crippen LogP contribution in [-0.2, 0) is 0 Å². The van der Waals surface area contributed by atoms with Crippen LogP contribution in [0.1, 0.15) is 83.6 Å². The van der Waals surface area contributed by atoms with E-state index in [0.717, 1.165) is 6.54 Å². The van der Waals surface area contributed by atoms with Crippen LogP contribution in [0.4, 0.5) is 0 Å². The molecule has 0 radical (unpaired) electrons. The van der Waals surface area contributed by atoms with Crippen LogP contribution in [0.5, 0.6) is 0 Å². The number of benzene rings is 1. The Hall–Kier alpha value is -0.820. The Morgan fingerprint density at radius 2 is 1.48 bits per heavy atom. The molecule has 1 heteroatoms. The first-order chi connectivity index (χ1) is 10.2. The monoisotopic (exact) mass is 289 g/mol. The zero-order valence-electron chi connectivity index (χ0n) is 14.4. The second-order valence-corrected chi connectivity index (χ2v) is 6.58. The fourth-order valence-corrected chi connectivity index (χ4v) is 2.84. The fraction of sp³-hybridized carbons (Fsp3) is 0.700. The summed E-state index contributed by atoms with van der Waals surface area (Å²) in [5, 5.41) is 3.61. The number of rotatable bonds is 12. The number of nitrogens with one attached hydrogen (secondary N) is 1. The largest absolute Gasteiger partial charge is 0.314 e. The van der Waals surface area contributed by atoms with Crippen LogP contribution in [0.15, 0.2) is 30.3 Å². The van der Waals surface area contributed by atoms with E-state index in [1.165, 1.54) is 56.9 Å². The highest BCUT2D eigenvalue weighted by atomic mass is 14.9. The van der Waals surface area contributed by atoms with Gasteiger partial charge in [0.25, 0.3) is 0 Å². The smallest absolute Gasteiger partial charge is 0.00225 e. The molecule has 0 saturated carbocycles. The lowest BCUT2D eigenvalue weighted by Gasteiger charge is -2.20. The minimum Gasteiger partial charge on any atom is -0.314 e. The van der Waals surface area contributed by atoms with Gasteiger partial charge in [0.05, 0.1) is 0 Å². The third kappa shape index (κ3) is 8.93. The Labute approximate surface area is 132 Å². The molecule has 0 fully saturated rings. The van der Waals surface area contributed by atoms with Crippen LogP contribution in [0.2, 0.25) is 0 Å². The van der Waals surface area contributed by atoms with E-state index in [4.69, 9.17) is 0 Å². The molecule has 1 nitrogen and oxygen atoms in total. The number of hydrogen-bond acceptors (Lipinski definition) is 1. The summed E-state index contributed by atoms with van der Waals surface area (Å²) in [5.41, 5.74) is 1.50. The van der Waals surface area contributed by atoms with E-state index in [1.54, 1.807) is 0 Å². The Morgan fingerprint density at radius 3 is 2.10 bits per heavy atom. The maximum Gasteiger partial charge on any atom is 0.00225 e. The lowest BCUT2D eigenvalue weighted by Crippen LogP contribution is -2.28. The summed E-state index contributed by atoms with van der Waals surface area (Å²) in [6.07, 6.45) is 11.1.